The van der Waals surface area contributed by atoms with E-state index in [1.54, 1.807) is 44.4 Å². The lowest BCUT2D eigenvalue weighted by molar-refractivity contribution is -0.115. The molecular formula is C20H19N3O4S. The largest absolute Gasteiger partial charge is 0.496 e. The Morgan fingerprint density at radius 2 is 1.82 bits per heavy atom. The highest BCUT2D eigenvalue weighted by molar-refractivity contribution is 8.00. The van der Waals surface area contributed by atoms with Crippen LogP contribution in [0.25, 0.3) is 11.5 Å². The van der Waals surface area contributed by atoms with Gasteiger partial charge in [-0.15, -0.1) is 10.2 Å². The van der Waals surface area contributed by atoms with Crippen LogP contribution < -0.4 is 10.1 Å². The van der Waals surface area contributed by atoms with Crippen molar-refractivity contribution in [2.24, 2.45) is 0 Å². The van der Waals surface area contributed by atoms with Crippen LogP contribution >= 0.6 is 11.8 Å². The van der Waals surface area contributed by atoms with Crippen molar-refractivity contribution in [3.63, 3.8) is 0 Å². The summed E-state index contributed by atoms with van der Waals surface area (Å²) in [6.45, 7) is 3.18. The quantitative estimate of drug-likeness (QED) is 0.474. The van der Waals surface area contributed by atoms with Crippen LogP contribution in [0.3, 0.4) is 0 Å². The Bertz CT molecular complexity index is 1000. The van der Waals surface area contributed by atoms with Gasteiger partial charge in [0.1, 0.15) is 5.75 Å². The summed E-state index contributed by atoms with van der Waals surface area (Å²) in [6, 6.07) is 14.2. The summed E-state index contributed by atoms with van der Waals surface area (Å²) < 4.78 is 11.0. The Kier molecular flexibility index (Phi) is 6.10. The molecular weight excluding hydrogens is 378 g/mol. The van der Waals surface area contributed by atoms with E-state index in [1.165, 1.54) is 6.92 Å². The van der Waals surface area contributed by atoms with Gasteiger partial charge in [0.15, 0.2) is 5.78 Å². The third kappa shape index (κ3) is 4.40. The summed E-state index contributed by atoms with van der Waals surface area (Å²) in [4.78, 5) is 24.2. The van der Waals surface area contributed by atoms with Crippen LogP contribution in [0.4, 0.5) is 5.69 Å². The summed E-state index contributed by atoms with van der Waals surface area (Å²) in [7, 11) is 1.57. The Morgan fingerprint density at radius 1 is 1.11 bits per heavy atom. The zero-order valence-electron chi connectivity index (χ0n) is 15.6. The first-order chi connectivity index (χ1) is 13.5. The minimum absolute atomic E-state index is 0.116. The number of carbonyl (C=O) groups excluding carboxylic acids is 2. The van der Waals surface area contributed by atoms with E-state index in [0.717, 1.165) is 11.8 Å². The van der Waals surface area contributed by atoms with Crippen LogP contribution in [0.15, 0.2) is 58.2 Å². The molecule has 0 bridgehead atoms. The highest BCUT2D eigenvalue weighted by Gasteiger charge is 2.21. The van der Waals surface area contributed by atoms with Crippen LogP contribution in [-0.2, 0) is 4.79 Å². The van der Waals surface area contributed by atoms with Crippen molar-refractivity contribution in [1.82, 2.24) is 10.2 Å². The van der Waals surface area contributed by atoms with E-state index in [2.05, 4.69) is 15.5 Å². The molecule has 0 unspecified atom stereocenters. The second-order valence-electron chi connectivity index (χ2n) is 5.92. The Morgan fingerprint density at radius 3 is 2.57 bits per heavy atom. The predicted octanol–water partition coefficient (Wildman–Crippen LogP) is 4.07. The van der Waals surface area contributed by atoms with Gasteiger partial charge in [-0.05, 0) is 38.1 Å². The molecule has 144 valence electrons. The predicted molar refractivity (Wildman–Crippen MR) is 107 cm³/mol. The molecule has 0 saturated heterocycles. The maximum atomic E-state index is 12.5. The van der Waals surface area contributed by atoms with Gasteiger partial charge in [0.05, 0.1) is 23.6 Å². The lowest BCUT2D eigenvalue weighted by Gasteiger charge is -2.12. The standard InChI is InChI=1S/C20H19N3O4S/c1-12(24)14-8-4-6-10-16(14)21-18(25)13(2)28-20-23-22-19(27-20)15-9-5-7-11-17(15)26-3/h4-11,13H,1-3H3,(H,21,25)/t13-/m1/s1. The summed E-state index contributed by atoms with van der Waals surface area (Å²) in [5.41, 5.74) is 1.62. The molecule has 7 nitrogen and oxygen atoms in total. The van der Waals surface area contributed by atoms with E-state index in [-0.39, 0.29) is 16.9 Å². The Labute approximate surface area is 166 Å². The maximum Gasteiger partial charge on any atom is 0.277 e. The first-order valence-electron chi connectivity index (χ1n) is 8.54. The van der Waals surface area contributed by atoms with Gasteiger partial charge in [0.2, 0.25) is 5.91 Å². The smallest absolute Gasteiger partial charge is 0.277 e. The molecule has 1 aromatic heterocycles. The van der Waals surface area contributed by atoms with E-state index in [4.69, 9.17) is 9.15 Å². The third-order valence-corrected chi connectivity index (χ3v) is 4.89. The molecule has 1 amide bonds. The number of anilines is 1. The SMILES string of the molecule is COc1ccccc1-c1nnc(S[C@H](C)C(=O)Nc2ccccc2C(C)=O)o1. The van der Waals surface area contributed by atoms with Gasteiger partial charge in [0.25, 0.3) is 11.1 Å². The van der Waals surface area contributed by atoms with Gasteiger partial charge < -0.3 is 14.5 Å². The van der Waals surface area contributed by atoms with Gasteiger partial charge in [-0.2, -0.15) is 0 Å². The lowest BCUT2D eigenvalue weighted by Crippen LogP contribution is -2.23. The lowest BCUT2D eigenvalue weighted by atomic mass is 10.1. The number of thioether (sulfide) groups is 1. The van der Waals surface area contributed by atoms with Gasteiger partial charge >= 0.3 is 0 Å². The molecule has 0 aliphatic heterocycles. The summed E-state index contributed by atoms with van der Waals surface area (Å²) >= 11 is 1.14. The van der Waals surface area contributed by atoms with Crippen LogP contribution in [-0.4, -0.2) is 34.2 Å². The zero-order valence-corrected chi connectivity index (χ0v) is 16.4. The number of ether oxygens (including phenoxy) is 1. The number of rotatable bonds is 7. The Balaban J connectivity index is 1.70. The molecule has 0 fully saturated rings. The number of aromatic nitrogens is 2. The normalized spacial score (nSPS) is 11.7. The first kappa shape index (κ1) is 19.6. The average molecular weight is 397 g/mol. The Hall–Kier alpha value is -3.13. The molecule has 0 aliphatic carbocycles. The van der Waals surface area contributed by atoms with Gasteiger partial charge in [-0.1, -0.05) is 36.0 Å². The summed E-state index contributed by atoms with van der Waals surface area (Å²) in [5, 5.41) is 10.6. The number of nitrogens with one attached hydrogen (secondary N) is 1. The molecule has 1 N–H and O–H groups in total. The number of nitrogens with zero attached hydrogens (tertiary/aromatic N) is 2. The van der Waals surface area contributed by atoms with E-state index in [1.807, 2.05) is 18.2 Å². The number of para-hydroxylation sites is 2. The molecule has 1 heterocycles. The van der Waals surface area contributed by atoms with E-state index in [0.29, 0.717) is 28.5 Å². The fourth-order valence-corrected chi connectivity index (χ4v) is 3.21. The molecule has 0 aliphatic rings. The molecule has 0 radical (unpaired) electrons. The highest BCUT2D eigenvalue weighted by Crippen LogP contribution is 2.31. The van der Waals surface area contributed by atoms with Crippen molar-refractivity contribution >= 4 is 29.1 Å². The number of methoxy groups -OCH3 is 1. The average Bonchev–Trinajstić information content (AvgIpc) is 3.16. The highest BCUT2D eigenvalue weighted by atomic mass is 32.2. The van der Waals surface area contributed by atoms with E-state index >= 15 is 0 Å². The van der Waals surface area contributed by atoms with Crippen molar-refractivity contribution in [2.45, 2.75) is 24.3 Å². The molecule has 8 heteroatoms. The number of carbonyl (C=O) groups is 2. The van der Waals surface area contributed by atoms with Crippen LogP contribution in [0.5, 0.6) is 5.75 Å². The monoisotopic (exact) mass is 397 g/mol. The van der Waals surface area contributed by atoms with Crippen molar-refractivity contribution in [2.75, 3.05) is 12.4 Å². The minimum atomic E-state index is -0.508. The molecule has 0 spiro atoms. The molecule has 3 aromatic rings. The van der Waals surface area contributed by atoms with Gasteiger partial charge in [-0.25, -0.2) is 0 Å². The number of hydrogen-bond donors (Lipinski definition) is 1. The summed E-state index contributed by atoms with van der Waals surface area (Å²) in [6.07, 6.45) is 0. The van der Waals surface area contributed by atoms with Crippen molar-refractivity contribution in [3.8, 4) is 17.2 Å². The van der Waals surface area contributed by atoms with E-state index < -0.39 is 5.25 Å². The van der Waals surface area contributed by atoms with Gasteiger partial charge in [0, 0.05) is 5.56 Å². The topological polar surface area (TPSA) is 94.3 Å². The molecule has 2 aromatic carbocycles. The molecule has 0 saturated carbocycles. The number of benzene rings is 2. The molecule has 1 atom stereocenters. The fraction of sp³-hybridized carbons (Fsp3) is 0.200. The number of hydrogen-bond acceptors (Lipinski definition) is 7. The van der Waals surface area contributed by atoms with Gasteiger partial charge in [-0.3, -0.25) is 9.59 Å². The van der Waals surface area contributed by atoms with Crippen molar-refractivity contribution < 1.29 is 18.7 Å². The number of Topliss-reactive ketones (excluding diaryl/α,β-unsaturated/α-hetero) is 1. The molecule has 3 rings (SSSR count). The van der Waals surface area contributed by atoms with Crippen molar-refractivity contribution in [3.05, 3.63) is 54.1 Å². The van der Waals surface area contributed by atoms with Crippen LogP contribution in [0.2, 0.25) is 0 Å². The summed E-state index contributed by atoms with van der Waals surface area (Å²) in [5.74, 6) is 0.550. The third-order valence-electron chi connectivity index (χ3n) is 3.95. The first-order valence-corrected chi connectivity index (χ1v) is 9.42. The van der Waals surface area contributed by atoms with E-state index in [9.17, 15) is 9.59 Å². The second-order valence-corrected chi connectivity index (χ2v) is 7.22. The zero-order chi connectivity index (χ0) is 20.1. The maximum absolute atomic E-state index is 12.5. The van der Waals surface area contributed by atoms with Crippen LogP contribution in [0.1, 0.15) is 24.2 Å². The second kappa shape index (κ2) is 8.71. The fourth-order valence-electron chi connectivity index (χ4n) is 2.53. The number of ketones is 1. The van der Waals surface area contributed by atoms with Crippen molar-refractivity contribution in [1.29, 1.82) is 0 Å². The molecule has 28 heavy (non-hydrogen) atoms. The van der Waals surface area contributed by atoms with Crippen LogP contribution in [0, 0.1) is 0 Å². The number of amides is 1. The minimum Gasteiger partial charge on any atom is -0.496 e.